The molecule has 9 heteroatoms. The van der Waals surface area contributed by atoms with Gasteiger partial charge in [0, 0.05) is 24.5 Å². The second kappa shape index (κ2) is 10.7. The maximum atomic E-state index is 13.2. The van der Waals surface area contributed by atoms with Gasteiger partial charge in [-0.3, -0.25) is 9.78 Å². The van der Waals surface area contributed by atoms with E-state index >= 15 is 0 Å². The summed E-state index contributed by atoms with van der Waals surface area (Å²) in [6.07, 6.45) is 3.93. The summed E-state index contributed by atoms with van der Waals surface area (Å²) in [5, 5.41) is 4.69. The lowest BCUT2D eigenvalue weighted by Gasteiger charge is -2.38. The molecular formula is C22H28Cl2N6O. The van der Waals surface area contributed by atoms with Crippen LogP contribution in [0.1, 0.15) is 31.3 Å². The highest BCUT2D eigenvalue weighted by Crippen LogP contribution is 2.32. The Kier molecular flexibility index (Phi) is 8.56. The average Bonchev–Trinajstić information content (AvgIpc) is 3.18. The quantitative estimate of drug-likeness (QED) is 0.627. The third-order valence-corrected chi connectivity index (χ3v) is 5.32. The van der Waals surface area contributed by atoms with Gasteiger partial charge in [-0.2, -0.15) is 5.10 Å². The van der Waals surface area contributed by atoms with Gasteiger partial charge < -0.3 is 10.6 Å². The van der Waals surface area contributed by atoms with Crippen molar-refractivity contribution in [2.24, 2.45) is 11.7 Å². The fourth-order valence-corrected chi connectivity index (χ4v) is 3.91. The molecule has 0 aliphatic carbocycles. The van der Waals surface area contributed by atoms with Gasteiger partial charge in [-0.1, -0.05) is 44.2 Å². The zero-order chi connectivity index (χ0) is 20.4. The van der Waals surface area contributed by atoms with Crippen molar-refractivity contribution in [3.8, 4) is 11.4 Å². The molecule has 7 nitrogen and oxygen atoms in total. The van der Waals surface area contributed by atoms with Crippen molar-refractivity contribution in [3.63, 3.8) is 0 Å². The van der Waals surface area contributed by atoms with Crippen molar-refractivity contribution < 1.29 is 4.79 Å². The monoisotopic (exact) mass is 462 g/mol. The van der Waals surface area contributed by atoms with Crippen LogP contribution < -0.4 is 5.73 Å². The van der Waals surface area contributed by atoms with Gasteiger partial charge in [0.15, 0.2) is 11.6 Å². The van der Waals surface area contributed by atoms with Crippen LogP contribution in [0, 0.1) is 5.92 Å². The van der Waals surface area contributed by atoms with Gasteiger partial charge in [-0.15, -0.1) is 24.8 Å². The highest BCUT2D eigenvalue weighted by Gasteiger charge is 2.37. The smallest absolute Gasteiger partial charge is 0.240 e. The summed E-state index contributed by atoms with van der Waals surface area (Å²) in [4.78, 5) is 23.9. The molecule has 1 aliphatic rings. The number of aromatic nitrogens is 4. The zero-order valence-corrected chi connectivity index (χ0v) is 19.2. The second-order valence-electron chi connectivity index (χ2n) is 7.77. The number of nitrogens with zero attached hydrogens (tertiary/aromatic N) is 5. The largest absolute Gasteiger partial charge is 0.329 e. The molecule has 0 fully saturated rings. The van der Waals surface area contributed by atoms with E-state index in [1.807, 2.05) is 52.0 Å². The van der Waals surface area contributed by atoms with Gasteiger partial charge in [0.2, 0.25) is 5.91 Å². The number of nitrogens with two attached hydrogens (primary N) is 1. The summed E-state index contributed by atoms with van der Waals surface area (Å²) < 4.78 is 1.94. The number of hydrogen-bond acceptors (Lipinski definition) is 5. The number of amides is 1. The number of rotatable bonds is 5. The molecule has 166 valence electrons. The summed E-state index contributed by atoms with van der Waals surface area (Å²) >= 11 is 0. The number of carbonyl (C=O) groups excluding carboxylic acids is 1. The highest BCUT2D eigenvalue weighted by molar-refractivity contribution is 5.85. The van der Waals surface area contributed by atoms with Crippen molar-refractivity contribution in [2.75, 3.05) is 6.54 Å². The molecular weight excluding hydrogens is 435 g/mol. The summed E-state index contributed by atoms with van der Waals surface area (Å²) in [5.41, 5.74) is 8.29. The molecule has 0 spiro atoms. The Balaban J connectivity index is 0.00000171. The van der Waals surface area contributed by atoms with Crippen molar-refractivity contribution in [1.29, 1.82) is 0 Å². The van der Waals surface area contributed by atoms with Gasteiger partial charge in [0.25, 0.3) is 0 Å². The molecule has 0 bridgehead atoms. The first-order valence-corrected chi connectivity index (χ1v) is 9.99. The molecule has 2 atom stereocenters. The van der Waals surface area contributed by atoms with Gasteiger partial charge in [0.1, 0.15) is 0 Å². The first-order valence-electron chi connectivity index (χ1n) is 9.99. The van der Waals surface area contributed by atoms with E-state index in [0.29, 0.717) is 25.3 Å². The van der Waals surface area contributed by atoms with Crippen LogP contribution in [-0.2, 0) is 17.8 Å². The first-order chi connectivity index (χ1) is 14.0. The Bertz CT molecular complexity index is 980. The van der Waals surface area contributed by atoms with Crippen molar-refractivity contribution >= 4 is 30.7 Å². The molecule has 0 unspecified atom stereocenters. The summed E-state index contributed by atoms with van der Waals surface area (Å²) in [5.74, 6) is 1.67. The van der Waals surface area contributed by atoms with Gasteiger partial charge in [-0.25, -0.2) is 9.67 Å². The predicted octanol–water partition coefficient (Wildman–Crippen LogP) is 3.29. The highest BCUT2D eigenvalue weighted by atomic mass is 35.5. The lowest BCUT2D eigenvalue weighted by Crippen LogP contribution is -2.51. The van der Waals surface area contributed by atoms with Crippen LogP contribution in [0.4, 0.5) is 0 Å². The average molecular weight is 463 g/mol. The molecule has 2 aromatic heterocycles. The summed E-state index contributed by atoms with van der Waals surface area (Å²) in [7, 11) is 0. The minimum atomic E-state index is -0.596. The van der Waals surface area contributed by atoms with Crippen LogP contribution in [0.5, 0.6) is 0 Å². The van der Waals surface area contributed by atoms with Gasteiger partial charge >= 0.3 is 0 Å². The number of fused-ring (bicyclic) bond motifs is 1. The topological polar surface area (TPSA) is 89.9 Å². The fourth-order valence-electron chi connectivity index (χ4n) is 3.91. The van der Waals surface area contributed by atoms with Crippen LogP contribution in [0.2, 0.25) is 0 Å². The zero-order valence-electron chi connectivity index (χ0n) is 17.6. The fraction of sp³-hybridized carbons (Fsp3) is 0.364. The first kappa shape index (κ1) is 24.8. The molecule has 0 saturated carbocycles. The van der Waals surface area contributed by atoms with E-state index in [1.54, 1.807) is 12.4 Å². The van der Waals surface area contributed by atoms with E-state index in [2.05, 4.69) is 23.9 Å². The molecule has 4 rings (SSSR count). The van der Waals surface area contributed by atoms with E-state index in [1.165, 1.54) is 0 Å². The second-order valence-corrected chi connectivity index (χ2v) is 7.77. The third-order valence-electron chi connectivity index (χ3n) is 5.32. The molecule has 1 aliphatic heterocycles. The van der Waals surface area contributed by atoms with Gasteiger partial charge in [-0.05, 0) is 30.0 Å². The maximum Gasteiger partial charge on any atom is 0.240 e. The molecule has 2 N–H and O–H groups in total. The number of carbonyl (C=O) groups is 1. The summed E-state index contributed by atoms with van der Waals surface area (Å²) in [6, 6.07) is 13.0. The number of benzene rings is 1. The number of pyridine rings is 1. The maximum absolute atomic E-state index is 13.2. The molecule has 1 aromatic carbocycles. The lowest BCUT2D eigenvalue weighted by molar-refractivity contribution is -0.137. The van der Waals surface area contributed by atoms with E-state index in [0.717, 1.165) is 17.0 Å². The van der Waals surface area contributed by atoms with Crippen molar-refractivity contribution in [3.05, 3.63) is 66.2 Å². The van der Waals surface area contributed by atoms with Crippen LogP contribution >= 0.6 is 24.8 Å². The van der Waals surface area contributed by atoms with Crippen molar-refractivity contribution in [1.82, 2.24) is 24.6 Å². The minimum absolute atomic E-state index is 0. The van der Waals surface area contributed by atoms with Crippen LogP contribution in [0.25, 0.3) is 11.4 Å². The Morgan fingerprint density at radius 3 is 2.42 bits per heavy atom. The van der Waals surface area contributed by atoms with E-state index in [4.69, 9.17) is 10.7 Å². The molecule has 3 heterocycles. The molecule has 31 heavy (non-hydrogen) atoms. The van der Waals surface area contributed by atoms with Crippen LogP contribution in [0.15, 0.2) is 54.9 Å². The normalized spacial score (nSPS) is 16.1. The Morgan fingerprint density at radius 1 is 1.10 bits per heavy atom. The van der Waals surface area contributed by atoms with Crippen LogP contribution in [0.3, 0.4) is 0 Å². The van der Waals surface area contributed by atoms with Crippen LogP contribution in [-0.4, -0.2) is 43.1 Å². The Labute approximate surface area is 194 Å². The molecule has 3 aromatic rings. The Hall–Kier alpha value is -2.48. The van der Waals surface area contributed by atoms with E-state index in [9.17, 15) is 4.79 Å². The van der Waals surface area contributed by atoms with E-state index in [-0.39, 0.29) is 42.7 Å². The standard InChI is InChI=1S/C22H26N6O.2ClH/c1-15(2)19-21-25-20(17-6-4-3-5-7-17)26-28(21)13-12-27(19)22(29)18(23)14-16-8-10-24-11-9-16;;/h3-11,15,18-19H,12-14,23H2,1-2H3;2*1H/t18-,19-;;/m0../s1. The molecule has 1 amide bonds. The number of halogens is 2. The van der Waals surface area contributed by atoms with Gasteiger partial charge in [0.05, 0.1) is 18.6 Å². The molecule has 0 radical (unpaired) electrons. The van der Waals surface area contributed by atoms with E-state index < -0.39 is 6.04 Å². The SMILES string of the molecule is CC(C)[C@H]1c2nc(-c3ccccc3)nn2CCN1C(=O)[C@@H](N)Cc1ccncc1.Cl.Cl. The number of hydrogen-bond donors (Lipinski definition) is 1. The molecule has 0 saturated heterocycles. The lowest BCUT2D eigenvalue weighted by atomic mass is 9.97. The Morgan fingerprint density at radius 2 is 1.77 bits per heavy atom. The van der Waals surface area contributed by atoms with Crippen molar-refractivity contribution in [2.45, 2.75) is 38.9 Å². The summed E-state index contributed by atoms with van der Waals surface area (Å²) in [6.45, 7) is 5.40. The minimum Gasteiger partial charge on any atom is -0.329 e. The third kappa shape index (κ3) is 5.23. The predicted molar refractivity (Wildman–Crippen MR) is 125 cm³/mol.